The topological polar surface area (TPSA) is 70.7 Å². The predicted molar refractivity (Wildman–Crippen MR) is 74.8 cm³/mol. The van der Waals surface area contributed by atoms with Crippen LogP contribution in [0.15, 0.2) is 36.7 Å². The summed E-state index contributed by atoms with van der Waals surface area (Å²) in [4.78, 5) is 16.1. The largest absolute Gasteiger partial charge is 0.349 e. The van der Waals surface area contributed by atoms with Gasteiger partial charge in [-0.15, -0.1) is 0 Å². The molecule has 1 aromatic heterocycles. The van der Waals surface area contributed by atoms with Crippen LogP contribution in [-0.4, -0.2) is 21.1 Å². The van der Waals surface area contributed by atoms with Gasteiger partial charge in [0, 0.05) is 12.8 Å². The van der Waals surface area contributed by atoms with E-state index < -0.39 is 0 Å². The Morgan fingerprint density at radius 2 is 2.15 bits per heavy atom. The summed E-state index contributed by atoms with van der Waals surface area (Å²) in [7, 11) is 0. The van der Waals surface area contributed by atoms with Crippen LogP contribution in [0.1, 0.15) is 36.7 Å². The first-order chi connectivity index (χ1) is 9.83. The minimum absolute atomic E-state index is 0.0714. The lowest BCUT2D eigenvalue weighted by molar-refractivity contribution is -0.122. The Balaban J connectivity index is 1.58. The second-order valence-electron chi connectivity index (χ2n) is 5.23. The Morgan fingerprint density at radius 1 is 1.35 bits per heavy atom. The number of amides is 1. The maximum Gasteiger partial charge on any atom is 0.220 e. The standard InChI is InChI=1S/C15H18N4O/c20-14(9-8-13-16-10-17-19-13)18-15(12-6-7-12)11-4-2-1-3-5-11/h1-5,10,12,15H,6-9H2,(H,18,20)(H,16,17,19)/t15-/m1/s1. The summed E-state index contributed by atoms with van der Waals surface area (Å²) < 4.78 is 0. The SMILES string of the molecule is O=C(CCc1ncn[nH]1)N[C@H](c1ccccc1)C1CC1. The zero-order valence-electron chi connectivity index (χ0n) is 11.2. The minimum atomic E-state index is 0.0714. The van der Waals surface area contributed by atoms with Crippen molar-refractivity contribution < 1.29 is 4.79 Å². The van der Waals surface area contributed by atoms with Crippen molar-refractivity contribution in [2.45, 2.75) is 31.7 Å². The molecule has 1 aliphatic rings. The third-order valence-corrected chi connectivity index (χ3v) is 3.62. The molecule has 0 radical (unpaired) electrons. The van der Waals surface area contributed by atoms with Crippen LogP contribution in [0.4, 0.5) is 0 Å². The summed E-state index contributed by atoms with van der Waals surface area (Å²) in [6.07, 6.45) is 4.89. The summed E-state index contributed by atoms with van der Waals surface area (Å²) in [6.45, 7) is 0. The fourth-order valence-corrected chi connectivity index (χ4v) is 2.39. The number of aryl methyl sites for hydroxylation is 1. The molecule has 1 amide bonds. The number of rotatable bonds is 6. The van der Waals surface area contributed by atoms with E-state index in [1.54, 1.807) is 0 Å². The number of aromatic amines is 1. The lowest BCUT2D eigenvalue weighted by Gasteiger charge is -2.18. The fraction of sp³-hybridized carbons (Fsp3) is 0.400. The van der Waals surface area contributed by atoms with E-state index in [0.717, 1.165) is 5.82 Å². The van der Waals surface area contributed by atoms with E-state index in [9.17, 15) is 4.79 Å². The Labute approximate surface area is 117 Å². The van der Waals surface area contributed by atoms with E-state index in [2.05, 4.69) is 32.6 Å². The molecule has 1 saturated carbocycles. The number of hydrogen-bond acceptors (Lipinski definition) is 3. The quantitative estimate of drug-likeness (QED) is 0.843. The van der Waals surface area contributed by atoms with Crippen LogP contribution in [0.5, 0.6) is 0 Å². The number of hydrogen-bond donors (Lipinski definition) is 2. The Morgan fingerprint density at radius 3 is 2.80 bits per heavy atom. The van der Waals surface area contributed by atoms with Crippen LogP contribution in [0.25, 0.3) is 0 Å². The van der Waals surface area contributed by atoms with E-state index in [0.29, 0.717) is 18.8 Å². The van der Waals surface area contributed by atoms with Gasteiger partial charge in [0.1, 0.15) is 12.2 Å². The van der Waals surface area contributed by atoms with Gasteiger partial charge in [-0.1, -0.05) is 30.3 Å². The second-order valence-corrected chi connectivity index (χ2v) is 5.23. The number of carbonyl (C=O) groups excluding carboxylic acids is 1. The lowest BCUT2D eigenvalue weighted by atomic mass is 10.0. The maximum atomic E-state index is 12.1. The Hall–Kier alpha value is -2.17. The molecule has 1 heterocycles. The molecule has 0 spiro atoms. The monoisotopic (exact) mass is 270 g/mol. The number of nitrogens with one attached hydrogen (secondary N) is 2. The summed E-state index contributed by atoms with van der Waals surface area (Å²) in [5.74, 6) is 1.41. The highest BCUT2D eigenvalue weighted by Crippen LogP contribution is 2.40. The highest BCUT2D eigenvalue weighted by molar-refractivity contribution is 5.76. The van der Waals surface area contributed by atoms with Gasteiger partial charge in [-0.2, -0.15) is 5.10 Å². The summed E-state index contributed by atoms with van der Waals surface area (Å²) in [6, 6.07) is 10.4. The number of nitrogens with zero attached hydrogens (tertiary/aromatic N) is 2. The Bertz CT molecular complexity index is 549. The Kier molecular flexibility index (Phi) is 3.76. The molecule has 104 valence electrons. The van der Waals surface area contributed by atoms with Gasteiger partial charge in [0.05, 0.1) is 6.04 Å². The fourth-order valence-electron chi connectivity index (χ4n) is 2.39. The molecular weight excluding hydrogens is 252 g/mol. The van der Waals surface area contributed by atoms with Gasteiger partial charge in [0.25, 0.3) is 0 Å². The van der Waals surface area contributed by atoms with Crippen LogP contribution < -0.4 is 5.32 Å². The van der Waals surface area contributed by atoms with Crippen LogP contribution in [-0.2, 0) is 11.2 Å². The van der Waals surface area contributed by atoms with E-state index in [4.69, 9.17) is 0 Å². The zero-order chi connectivity index (χ0) is 13.8. The van der Waals surface area contributed by atoms with Gasteiger partial charge in [0.15, 0.2) is 0 Å². The molecule has 1 aromatic carbocycles. The molecule has 0 unspecified atom stereocenters. The van der Waals surface area contributed by atoms with Gasteiger partial charge >= 0.3 is 0 Å². The molecule has 3 rings (SSSR count). The van der Waals surface area contributed by atoms with Gasteiger partial charge in [-0.25, -0.2) is 4.98 Å². The molecule has 1 fully saturated rings. The van der Waals surface area contributed by atoms with E-state index in [1.165, 1.54) is 24.7 Å². The molecule has 5 nitrogen and oxygen atoms in total. The first kappa shape index (κ1) is 12.8. The van der Waals surface area contributed by atoms with Crippen molar-refractivity contribution in [2.75, 3.05) is 0 Å². The minimum Gasteiger partial charge on any atom is -0.349 e. The summed E-state index contributed by atoms with van der Waals surface area (Å²) >= 11 is 0. The number of carbonyl (C=O) groups is 1. The van der Waals surface area contributed by atoms with E-state index in [-0.39, 0.29) is 11.9 Å². The average molecular weight is 270 g/mol. The van der Waals surface area contributed by atoms with Gasteiger partial charge in [0.2, 0.25) is 5.91 Å². The van der Waals surface area contributed by atoms with E-state index in [1.807, 2.05) is 18.2 Å². The van der Waals surface area contributed by atoms with Crippen molar-refractivity contribution in [1.82, 2.24) is 20.5 Å². The first-order valence-electron chi connectivity index (χ1n) is 7.01. The molecule has 0 aliphatic heterocycles. The molecule has 0 bridgehead atoms. The van der Waals surface area contributed by atoms with Crippen molar-refractivity contribution in [1.29, 1.82) is 0 Å². The smallest absolute Gasteiger partial charge is 0.220 e. The molecule has 2 aromatic rings. The van der Waals surface area contributed by atoms with Crippen LogP contribution >= 0.6 is 0 Å². The third-order valence-electron chi connectivity index (χ3n) is 3.62. The molecule has 1 aliphatic carbocycles. The van der Waals surface area contributed by atoms with E-state index >= 15 is 0 Å². The van der Waals surface area contributed by atoms with Gasteiger partial charge < -0.3 is 5.32 Å². The summed E-state index contributed by atoms with van der Waals surface area (Å²) in [5, 5.41) is 9.71. The molecule has 20 heavy (non-hydrogen) atoms. The van der Waals surface area contributed by atoms with Crippen LogP contribution in [0.2, 0.25) is 0 Å². The molecule has 0 saturated heterocycles. The highest BCUT2D eigenvalue weighted by Gasteiger charge is 2.33. The third kappa shape index (κ3) is 3.23. The number of H-pyrrole nitrogens is 1. The summed E-state index contributed by atoms with van der Waals surface area (Å²) in [5.41, 5.74) is 1.20. The van der Waals surface area contributed by atoms with Crippen LogP contribution in [0, 0.1) is 5.92 Å². The molecule has 1 atom stereocenters. The van der Waals surface area contributed by atoms with Crippen molar-refractivity contribution in [2.24, 2.45) is 5.92 Å². The first-order valence-corrected chi connectivity index (χ1v) is 7.01. The number of benzene rings is 1. The predicted octanol–water partition coefficient (Wildman–Crippen LogP) is 2.00. The molecule has 5 heteroatoms. The maximum absolute atomic E-state index is 12.1. The van der Waals surface area contributed by atoms with Crippen LogP contribution in [0.3, 0.4) is 0 Å². The van der Waals surface area contributed by atoms with Crippen molar-refractivity contribution >= 4 is 5.91 Å². The normalized spacial score (nSPS) is 15.8. The van der Waals surface area contributed by atoms with Crippen molar-refractivity contribution in [3.63, 3.8) is 0 Å². The number of aromatic nitrogens is 3. The lowest BCUT2D eigenvalue weighted by Crippen LogP contribution is -2.30. The zero-order valence-corrected chi connectivity index (χ0v) is 11.2. The highest BCUT2D eigenvalue weighted by atomic mass is 16.1. The van der Waals surface area contributed by atoms with Crippen molar-refractivity contribution in [3.05, 3.63) is 48.0 Å². The molecular formula is C15H18N4O. The molecule has 2 N–H and O–H groups in total. The van der Waals surface area contributed by atoms with Crippen molar-refractivity contribution in [3.8, 4) is 0 Å². The van der Waals surface area contributed by atoms with Gasteiger partial charge in [-0.3, -0.25) is 9.89 Å². The average Bonchev–Trinajstić information content (AvgIpc) is 3.19. The second kappa shape index (κ2) is 5.86. The van der Waals surface area contributed by atoms with Gasteiger partial charge in [-0.05, 0) is 24.3 Å².